The second-order valence-corrected chi connectivity index (χ2v) is 9.86. The fourth-order valence-corrected chi connectivity index (χ4v) is 5.42. The number of fused-ring (bicyclic) bond motifs is 1. The fourth-order valence-electron chi connectivity index (χ4n) is 3.66. The van der Waals surface area contributed by atoms with Crippen LogP contribution in [0.1, 0.15) is 25.2 Å². The molecule has 0 saturated heterocycles. The van der Waals surface area contributed by atoms with Crippen molar-refractivity contribution in [2.75, 3.05) is 34.0 Å². The zero-order valence-electron chi connectivity index (χ0n) is 18.9. The number of benzene rings is 2. The molecular formula is C23H28ClN3O5S. The van der Waals surface area contributed by atoms with Gasteiger partial charge in [-0.25, -0.2) is 13.4 Å². The third-order valence-electron chi connectivity index (χ3n) is 5.36. The maximum atomic E-state index is 13.6. The van der Waals surface area contributed by atoms with Crippen molar-refractivity contribution in [3.05, 3.63) is 69.7 Å². The predicted octanol–water partition coefficient (Wildman–Crippen LogP) is 3.48. The topological polar surface area (TPSA) is 90.7 Å². The molecule has 3 aromatic rings. The second kappa shape index (κ2) is 11.2. The van der Waals surface area contributed by atoms with Crippen molar-refractivity contribution in [3.63, 3.8) is 0 Å². The summed E-state index contributed by atoms with van der Waals surface area (Å²) in [5, 5.41) is 0.911. The number of halogens is 1. The molecule has 0 saturated carbocycles. The Morgan fingerprint density at radius 2 is 1.73 bits per heavy atom. The third-order valence-corrected chi connectivity index (χ3v) is 7.60. The van der Waals surface area contributed by atoms with E-state index in [4.69, 9.17) is 26.1 Å². The minimum absolute atomic E-state index is 0.114. The van der Waals surface area contributed by atoms with E-state index in [9.17, 15) is 13.2 Å². The van der Waals surface area contributed by atoms with E-state index in [0.717, 1.165) is 0 Å². The number of aromatic nitrogens is 2. The smallest absolute Gasteiger partial charge is 0.261 e. The summed E-state index contributed by atoms with van der Waals surface area (Å²) >= 11 is 5.96. The molecule has 1 aromatic heterocycles. The van der Waals surface area contributed by atoms with Gasteiger partial charge in [0, 0.05) is 32.4 Å². The van der Waals surface area contributed by atoms with Crippen LogP contribution in [0, 0.1) is 0 Å². The zero-order chi connectivity index (χ0) is 24.0. The second-order valence-electron chi connectivity index (χ2n) is 7.53. The average molecular weight is 494 g/mol. The van der Waals surface area contributed by atoms with Gasteiger partial charge >= 0.3 is 0 Å². The molecule has 0 bridgehead atoms. The van der Waals surface area contributed by atoms with Gasteiger partial charge in [-0.2, -0.15) is 4.31 Å². The summed E-state index contributed by atoms with van der Waals surface area (Å²) < 4.78 is 40.4. The van der Waals surface area contributed by atoms with E-state index in [-0.39, 0.29) is 30.2 Å². The van der Waals surface area contributed by atoms with Crippen molar-refractivity contribution in [2.24, 2.45) is 0 Å². The molecule has 2 aromatic carbocycles. The van der Waals surface area contributed by atoms with E-state index >= 15 is 0 Å². The van der Waals surface area contributed by atoms with Crippen LogP contribution in [-0.2, 0) is 26.0 Å². The Bertz CT molecular complexity index is 1250. The highest BCUT2D eigenvalue weighted by atomic mass is 35.5. The largest absolute Gasteiger partial charge is 0.385 e. The molecule has 3 rings (SSSR count). The highest BCUT2D eigenvalue weighted by molar-refractivity contribution is 7.89. The van der Waals surface area contributed by atoms with Crippen LogP contribution in [0.2, 0.25) is 5.02 Å². The summed E-state index contributed by atoms with van der Waals surface area (Å²) in [6.45, 7) is 2.85. The van der Waals surface area contributed by atoms with Crippen LogP contribution < -0.4 is 5.56 Å². The molecule has 0 aliphatic carbocycles. The minimum atomic E-state index is -3.92. The lowest BCUT2D eigenvalue weighted by molar-refractivity contribution is 0.176. The molecule has 1 atom stereocenters. The van der Waals surface area contributed by atoms with Gasteiger partial charge in [0.2, 0.25) is 10.0 Å². The van der Waals surface area contributed by atoms with Crippen LogP contribution in [-0.4, -0.2) is 56.3 Å². The molecule has 0 spiro atoms. The van der Waals surface area contributed by atoms with E-state index < -0.39 is 16.1 Å². The standard InChI is InChI=1S/C23H28ClN3O5S/c1-17(22-25-21-8-5-4-7-20(21)23(28)26(22)14-16-32-3)27(13-6-15-31-2)33(29,30)19-11-9-18(24)10-12-19/h4-5,7-12,17H,6,13-16H2,1-3H3. The molecule has 8 nitrogen and oxygen atoms in total. The van der Waals surface area contributed by atoms with Crippen molar-refractivity contribution in [1.82, 2.24) is 13.9 Å². The monoisotopic (exact) mass is 493 g/mol. The number of hydrogen-bond acceptors (Lipinski definition) is 6. The number of nitrogens with zero attached hydrogens (tertiary/aromatic N) is 3. The number of ether oxygens (including phenoxy) is 2. The van der Waals surface area contributed by atoms with Gasteiger partial charge in [0.05, 0.1) is 35.0 Å². The molecule has 10 heteroatoms. The molecule has 0 fully saturated rings. The normalized spacial score (nSPS) is 13.0. The van der Waals surface area contributed by atoms with Gasteiger partial charge in [-0.05, 0) is 49.7 Å². The molecule has 0 radical (unpaired) electrons. The Balaban J connectivity index is 2.14. The Labute approximate surface area is 198 Å². The molecule has 178 valence electrons. The lowest BCUT2D eigenvalue weighted by Gasteiger charge is -2.29. The van der Waals surface area contributed by atoms with Gasteiger partial charge in [0.15, 0.2) is 0 Å². The average Bonchev–Trinajstić information content (AvgIpc) is 2.81. The van der Waals surface area contributed by atoms with Crippen LogP contribution in [0.15, 0.2) is 58.2 Å². The summed E-state index contributed by atoms with van der Waals surface area (Å²) in [5.74, 6) is 0.353. The first-order valence-electron chi connectivity index (χ1n) is 10.6. The lowest BCUT2D eigenvalue weighted by atomic mass is 10.2. The Kier molecular flexibility index (Phi) is 8.61. The molecule has 0 amide bonds. The Morgan fingerprint density at radius 1 is 1.06 bits per heavy atom. The number of methoxy groups -OCH3 is 2. The predicted molar refractivity (Wildman–Crippen MR) is 128 cm³/mol. The van der Waals surface area contributed by atoms with E-state index in [2.05, 4.69) is 0 Å². The molecule has 1 unspecified atom stereocenters. The summed E-state index contributed by atoms with van der Waals surface area (Å²) in [6, 6.07) is 12.3. The van der Waals surface area contributed by atoms with Gasteiger partial charge in [0.1, 0.15) is 5.82 Å². The molecule has 1 heterocycles. The van der Waals surface area contributed by atoms with Crippen molar-refractivity contribution in [3.8, 4) is 0 Å². The van der Waals surface area contributed by atoms with E-state index in [1.165, 1.54) is 33.1 Å². The number of para-hydroxylation sites is 1. The first-order valence-corrected chi connectivity index (χ1v) is 12.4. The maximum absolute atomic E-state index is 13.6. The lowest BCUT2D eigenvalue weighted by Crippen LogP contribution is -2.39. The molecule has 33 heavy (non-hydrogen) atoms. The van der Waals surface area contributed by atoms with Gasteiger partial charge in [0.25, 0.3) is 5.56 Å². The summed E-state index contributed by atoms with van der Waals surface area (Å²) in [4.78, 5) is 18.1. The molecule has 0 aliphatic rings. The Hall–Kier alpha value is -2.30. The number of sulfonamides is 1. The molecular weight excluding hydrogens is 466 g/mol. The summed E-state index contributed by atoms with van der Waals surface area (Å²) in [6.07, 6.45) is 0.476. The first-order chi connectivity index (χ1) is 15.8. The maximum Gasteiger partial charge on any atom is 0.261 e. The van der Waals surface area contributed by atoms with Crippen LogP contribution in [0.4, 0.5) is 0 Å². The van der Waals surface area contributed by atoms with E-state index in [0.29, 0.717) is 34.8 Å². The van der Waals surface area contributed by atoms with Crippen LogP contribution in [0.3, 0.4) is 0 Å². The Morgan fingerprint density at radius 3 is 2.39 bits per heavy atom. The van der Waals surface area contributed by atoms with Gasteiger partial charge < -0.3 is 9.47 Å². The first kappa shape index (κ1) is 25.3. The summed E-state index contributed by atoms with van der Waals surface area (Å²) in [5.41, 5.74) is 0.277. The van der Waals surface area contributed by atoms with Crippen LogP contribution in [0.5, 0.6) is 0 Å². The minimum Gasteiger partial charge on any atom is -0.385 e. The SMILES string of the molecule is COCCCN(C(C)c1nc2ccccc2c(=O)n1CCOC)S(=O)(=O)c1ccc(Cl)cc1. The van der Waals surface area contributed by atoms with E-state index in [1.807, 2.05) is 0 Å². The zero-order valence-corrected chi connectivity index (χ0v) is 20.5. The van der Waals surface area contributed by atoms with Crippen LogP contribution in [0.25, 0.3) is 10.9 Å². The highest BCUT2D eigenvalue weighted by Gasteiger charge is 2.32. The molecule has 0 aliphatic heterocycles. The van der Waals surface area contributed by atoms with E-state index in [1.54, 1.807) is 45.4 Å². The van der Waals surface area contributed by atoms with Gasteiger partial charge in [-0.15, -0.1) is 0 Å². The summed E-state index contributed by atoms with van der Waals surface area (Å²) in [7, 11) is -0.806. The van der Waals surface area contributed by atoms with Crippen molar-refractivity contribution < 1.29 is 17.9 Å². The van der Waals surface area contributed by atoms with Crippen LogP contribution >= 0.6 is 11.6 Å². The van der Waals surface area contributed by atoms with Crippen molar-refractivity contribution in [1.29, 1.82) is 0 Å². The quantitative estimate of drug-likeness (QED) is 0.380. The number of rotatable bonds is 11. The van der Waals surface area contributed by atoms with Gasteiger partial charge in [-0.1, -0.05) is 23.7 Å². The van der Waals surface area contributed by atoms with Crippen molar-refractivity contribution in [2.45, 2.75) is 30.8 Å². The van der Waals surface area contributed by atoms with Crippen molar-refractivity contribution >= 4 is 32.5 Å². The third kappa shape index (κ3) is 5.62. The van der Waals surface area contributed by atoms with Gasteiger partial charge in [-0.3, -0.25) is 9.36 Å². The fraction of sp³-hybridized carbons (Fsp3) is 0.391. The molecule has 0 N–H and O–H groups in total. The number of hydrogen-bond donors (Lipinski definition) is 0. The highest BCUT2D eigenvalue weighted by Crippen LogP contribution is 2.28.